The van der Waals surface area contributed by atoms with Gasteiger partial charge < -0.3 is 10.2 Å². The van der Waals surface area contributed by atoms with Gasteiger partial charge in [-0.05, 0) is 31.4 Å². The fourth-order valence-corrected chi connectivity index (χ4v) is 2.92. The van der Waals surface area contributed by atoms with Crippen LogP contribution in [0.2, 0.25) is 0 Å². The van der Waals surface area contributed by atoms with Crippen molar-refractivity contribution >= 4 is 5.91 Å². The van der Waals surface area contributed by atoms with Crippen molar-refractivity contribution in [1.82, 2.24) is 10.2 Å². The zero-order valence-corrected chi connectivity index (χ0v) is 13.2. The van der Waals surface area contributed by atoms with Crippen LogP contribution in [0, 0.1) is 0 Å². The van der Waals surface area contributed by atoms with Crippen molar-refractivity contribution in [2.75, 3.05) is 19.6 Å². The molecule has 1 aromatic rings. The maximum absolute atomic E-state index is 12.3. The van der Waals surface area contributed by atoms with Gasteiger partial charge in [0.05, 0.1) is 0 Å². The predicted octanol–water partition coefficient (Wildman–Crippen LogP) is 3.52. The van der Waals surface area contributed by atoms with Crippen LogP contribution in [0.5, 0.6) is 0 Å². The van der Waals surface area contributed by atoms with Crippen molar-refractivity contribution in [1.29, 1.82) is 0 Å². The summed E-state index contributed by atoms with van der Waals surface area (Å²) in [6.45, 7) is 4.87. The highest BCUT2D eigenvalue weighted by Gasteiger charge is 2.20. The van der Waals surface area contributed by atoms with Crippen molar-refractivity contribution in [2.45, 2.75) is 51.5 Å². The lowest BCUT2D eigenvalue weighted by Gasteiger charge is -2.30. The topological polar surface area (TPSA) is 32.3 Å². The molecule has 0 saturated carbocycles. The van der Waals surface area contributed by atoms with Gasteiger partial charge in [0.15, 0.2) is 0 Å². The maximum atomic E-state index is 12.3. The summed E-state index contributed by atoms with van der Waals surface area (Å²) in [4.78, 5) is 14.4. The number of carbonyl (C=O) groups is 1. The molecule has 1 heterocycles. The standard InChI is InChI=1S/C18H28N2O/c1-2-13-19-17(16-10-6-5-7-11-16)15-20-14-9-4-3-8-12-18(20)21/h5-7,10-11,17,19H,2-4,8-9,12-15H2,1H3. The summed E-state index contributed by atoms with van der Waals surface area (Å²) < 4.78 is 0. The van der Waals surface area contributed by atoms with E-state index in [1.54, 1.807) is 0 Å². The molecule has 1 aromatic carbocycles. The lowest BCUT2D eigenvalue weighted by Crippen LogP contribution is -2.40. The molecule has 1 N–H and O–H groups in total. The largest absolute Gasteiger partial charge is 0.341 e. The number of likely N-dealkylation sites (tertiary alicyclic amines) is 1. The molecule has 1 atom stereocenters. The molecule has 2 rings (SSSR count). The van der Waals surface area contributed by atoms with Crippen LogP contribution in [0.4, 0.5) is 0 Å². The molecular weight excluding hydrogens is 260 g/mol. The number of hydrogen-bond acceptors (Lipinski definition) is 2. The highest BCUT2D eigenvalue weighted by molar-refractivity contribution is 5.76. The SMILES string of the molecule is CCCNC(CN1CCCCCCC1=O)c1ccccc1. The first-order chi connectivity index (χ1) is 10.3. The first kappa shape index (κ1) is 16.0. The van der Waals surface area contributed by atoms with E-state index >= 15 is 0 Å². The van der Waals surface area contributed by atoms with E-state index in [0.29, 0.717) is 5.91 Å². The second-order valence-electron chi connectivity index (χ2n) is 5.92. The van der Waals surface area contributed by atoms with Gasteiger partial charge >= 0.3 is 0 Å². The van der Waals surface area contributed by atoms with E-state index in [1.165, 1.54) is 18.4 Å². The van der Waals surface area contributed by atoms with Gasteiger partial charge in [-0.1, -0.05) is 50.1 Å². The molecular formula is C18H28N2O. The molecule has 3 heteroatoms. The average Bonchev–Trinajstić information content (AvgIpc) is 2.51. The molecule has 3 nitrogen and oxygen atoms in total. The summed E-state index contributed by atoms with van der Waals surface area (Å²) in [6, 6.07) is 10.7. The van der Waals surface area contributed by atoms with Gasteiger partial charge in [0.1, 0.15) is 0 Å². The Kier molecular flexibility index (Phi) is 6.74. The summed E-state index contributed by atoms with van der Waals surface area (Å²) in [6.07, 6.45) is 6.47. The first-order valence-electron chi connectivity index (χ1n) is 8.37. The van der Waals surface area contributed by atoms with E-state index in [9.17, 15) is 4.79 Å². The summed E-state index contributed by atoms with van der Waals surface area (Å²) in [5, 5.41) is 3.60. The number of carbonyl (C=O) groups excluding carboxylic acids is 1. The van der Waals surface area contributed by atoms with E-state index in [0.717, 1.165) is 45.3 Å². The van der Waals surface area contributed by atoms with E-state index in [2.05, 4.69) is 41.4 Å². The van der Waals surface area contributed by atoms with Crippen LogP contribution in [0.3, 0.4) is 0 Å². The Morgan fingerprint density at radius 2 is 1.90 bits per heavy atom. The highest BCUT2D eigenvalue weighted by Crippen LogP contribution is 2.18. The van der Waals surface area contributed by atoms with E-state index < -0.39 is 0 Å². The zero-order chi connectivity index (χ0) is 14.9. The Hall–Kier alpha value is -1.35. The van der Waals surface area contributed by atoms with Crippen LogP contribution in [0.15, 0.2) is 30.3 Å². The quantitative estimate of drug-likeness (QED) is 0.868. The van der Waals surface area contributed by atoms with Crippen molar-refractivity contribution in [3.05, 3.63) is 35.9 Å². The van der Waals surface area contributed by atoms with Crippen LogP contribution in [0.25, 0.3) is 0 Å². The van der Waals surface area contributed by atoms with Gasteiger partial charge in [-0.25, -0.2) is 0 Å². The number of amides is 1. The normalized spacial score (nSPS) is 18.1. The van der Waals surface area contributed by atoms with Gasteiger partial charge in [-0.2, -0.15) is 0 Å². The Morgan fingerprint density at radius 1 is 1.14 bits per heavy atom. The number of hydrogen-bond donors (Lipinski definition) is 1. The molecule has 0 aromatic heterocycles. The summed E-state index contributed by atoms with van der Waals surface area (Å²) in [7, 11) is 0. The van der Waals surface area contributed by atoms with Crippen LogP contribution < -0.4 is 5.32 Å². The smallest absolute Gasteiger partial charge is 0.222 e. The number of nitrogens with zero attached hydrogens (tertiary/aromatic N) is 1. The molecule has 0 aliphatic carbocycles. The Labute approximate surface area is 128 Å². The monoisotopic (exact) mass is 288 g/mol. The molecule has 1 amide bonds. The first-order valence-corrected chi connectivity index (χ1v) is 8.37. The number of rotatable bonds is 6. The Bertz CT molecular complexity index is 418. The van der Waals surface area contributed by atoms with E-state index in [1.807, 2.05) is 6.07 Å². The van der Waals surface area contributed by atoms with Crippen LogP contribution in [-0.2, 0) is 4.79 Å². The van der Waals surface area contributed by atoms with Crippen molar-refractivity contribution in [3.63, 3.8) is 0 Å². The van der Waals surface area contributed by atoms with E-state index in [-0.39, 0.29) is 6.04 Å². The van der Waals surface area contributed by atoms with E-state index in [4.69, 9.17) is 0 Å². The van der Waals surface area contributed by atoms with Crippen molar-refractivity contribution in [3.8, 4) is 0 Å². The Balaban J connectivity index is 2.04. The average molecular weight is 288 g/mol. The van der Waals surface area contributed by atoms with Gasteiger partial charge in [0, 0.05) is 25.6 Å². The van der Waals surface area contributed by atoms with Crippen LogP contribution in [0.1, 0.15) is 57.1 Å². The highest BCUT2D eigenvalue weighted by atomic mass is 16.2. The van der Waals surface area contributed by atoms with Gasteiger partial charge in [-0.3, -0.25) is 4.79 Å². The third-order valence-corrected chi connectivity index (χ3v) is 4.17. The molecule has 116 valence electrons. The molecule has 1 aliphatic heterocycles. The lowest BCUT2D eigenvalue weighted by atomic mass is 10.0. The number of benzene rings is 1. The third-order valence-electron chi connectivity index (χ3n) is 4.17. The fourth-order valence-electron chi connectivity index (χ4n) is 2.92. The third kappa shape index (κ3) is 5.16. The lowest BCUT2D eigenvalue weighted by molar-refractivity contribution is -0.132. The second-order valence-corrected chi connectivity index (χ2v) is 5.92. The van der Waals surface area contributed by atoms with Gasteiger partial charge in [0.2, 0.25) is 5.91 Å². The molecule has 0 spiro atoms. The minimum absolute atomic E-state index is 0.245. The zero-order valence-electron chi connectivity index (χ0n) is 13.2. The summed E-state index contributed by atoms with van der Waals surface area (Å²) in [5.74, 6) is 0.328. The van der Waals surface area contributed by atoms with Gasteiger partial charge in [0.25, 0.3) is 0 Å². The van der Waals surface area contributed by atoms with Crippen LogP contribution in [-0.4, -0.2) is 30.4 Å². The maximum Gasteiger partial charge on any atom is 0.222 e. The molecule has 1 aliphatic rings. The second kappa shape index (κ2) is 8.83. The van der Waals surface area contributed by atoms with Crippen LogP contribution >= 0.6 is 0 Å². The summed E-state index contributed by atoms with van der Waals surface area (Å²) >= 11 is 0. The molecule has 1 fully saturated rings. The minimum atomic E-state index is 0.245. The predicted molar refractivity (Wildman–Crippen MR) is 87.1 cm³/mol. The van der Waals surface area contributed by atoms with Gasteiger partial charge in [-0.15, -0.1) is 0 Å². The minimum Gasteiger partial charge on any atom is -0.341 e. The Morgan fingerprint density at radius 3 is 2.67 bits per heavy atom. The van der Waals surface area contributed by atoms with Crippen molar-refractivity contribution < 1.29 is 4.79 Å². The van der Waals surface area contributed by atoms with Crippen molar-refractivity contribution in [2.24, 2.45) is 0 Å². The molecule has 21 heavy (non-hydrogen) atoms. The summed E-state index contributed by atoms with van der Waals surface area (Å²) in [5.41, 5.74) is 1.28. The molecule has 1 saturated heterocycles. The molecule has 0 bridgehead atoms. The molecule has 0 radical (unpaired) electrons. The molecule has 1 unspecified atom stereocenters. The number of nitrogens with one attached hydrogen (secondary N) is 1. The fraction of sp³-hybridized carbons (Fsp3) is 0.611.